The largest absolute Gasteiger partial charge is 0.494 e. The van der Waals surface area contributed by atoms with E-state index < -0.39 is 25.2 Å². The molecule has 2 aromatic heterocycles. The molecule has 1 aromatic carbocycles. The number of nitrogens with one attached hydrogen (secondary N) is 3. The molecule has 2 amide bonds. The number of anilines is 3. The normalized spacial score (nSPS) is 13.5. The number of alkyl halides is 3. The summed E-state index contributed by atoms with van der Waals surface area (Å²) in [7, 11) is 1.51. The minimum atomic E-state index is -4.32. The molecule has 1 aliphatic rings. The Hall–Kier alpha value is -3.61. The van der Waals surface area contributed by atoms with Crippen LogP contribution in [-0.4, -0.2) is 53.5 Å². The van der Waals surface area contributed by atoms with E-state index in [9.17, 15) is 18.0 Å². The third-order valence-corrected chi connectivity index (χ3v) is 6.55. The molecule has 0 saturated carbocycles. The Morgan fingerprint density at radius 3 is 2.88 bits per heavy atom. The van der Waals surface area contributed by atoms with Crippen LogP contribution in [0.15, 0.2) is 18.5 Å². The Labute approximate surface area is 196 Å². The van der Waals surface area contributed by atoms with Crippen molar-refractivity contribution in [2.45, 2.75) is 25.6 Å². The molecule has 4 rings (SSSR count). The van der Waals surface area contributed by atoms with Crippen molar-refractivity contribution in [1.82, 2.24) is 20.2 Å². The monoisotopic (exact) mass is 493 g/mol. The fourth-order valence-electron chi connectivity index (χ4n) is 3.75. The summed E-state index contributed by atoms with van der Waals surface area (Å²) >= 11 is 1.41. The number of amides is 2. The second kappa shape index (κ2) is 9.33. The third kappa shape index (κ3) is 4.83. The third-order valence-electron chi connectivity index (χ3n) is 5.42. The first-order valence-corrected chi connectivity index (χ1v) is 11.1. The summed E-state index contributed by atoms with van der Waals surface area (Å²) in [6.45, 7) is 0.170. The quantitative estimate of drug-likeness (QED) is 0.303. The molecule has 0 fully saturated rings. The van der Waals surface area contributed by atoms with E-state index in [0.29, 0.717) is 41.5 Å². The lowest BCUT2D eigenvalue weighted by Crippen LogP contribution is -2.43. The predicted molar refractivity (Wildman–Crippen MR) is 124 cm³/mol. The molecule has 34 heavy (non-hydrogen) atoms. The molecule has 13 heteroatoms. The van der Waals surface area contributed by atoms with Crippen LogP contribution in [0.25, 0.3) is 10.2 Å². The smallest absolute Gasteiger partial charge is 0.390 e. The van der Waals surface area contributed by atoms with Crippen LogP contribution in [0.5, 0.6) is 5.75 Å². The zero-order valence-electron chi connectivity index (χ0n) is 18.1. The number of halogens is 3. The second-order valence-corrected chi connectivity index (χ2v) is 8.71. The number of nitrogen functional groups attached to an aromatic ring is 1. The number of hydrogen-bond acceptors (Lipinski definition) is 8. The lowest BCUT2D eigenvalue weighted by Gasteiger charge is -2.27. The zero-order valence-corrected chi connectivity index (χ0v) is 18.9. The molecule has 3 aromatic rings. The maximum absolute atomic E-state index is 12.4. The van der Waals surface area contributed by atoms with E-state index in [-0.39, 0.29) is 6.54 Å². The molecule has 9 nitrogen and oxygen atoms in total. The van der Waals surface area contributed by atoms with Gasteiger partial charge < -0.3 is 31.4 Å². The number of nitrogens with two attached hydrogens (primary N) is 1. The summed E-state index contributed by atoms with van der Waals surface area (Å²) in [5, 5.41) is 14.0. The van der Waals surface area contributed by atoms with Crippen LogP contribution in [0.4, 0.5) is 35.2 Å². The Morgan fingerprint density at radius 1 is 1.38 bits per heavy atom. The van der Waals surface area contributed by atoms with Gasteiger partial charge in [-0.3, -0.25) is 0 Å². The van der Waals surface area contributed by atoms with Crippen molar-refractivity contribution in [2.75, 3.05) is 31.2 Å². The van der Waals surface area contributed by atoms with Crippen LogP contribution >= 0.6 is 11.3 Å². The van der Waals surface area contributed by atoms with E-state index in [1.165, 1.54) is 29.7 Å². The van der Waals surface area contributed by atoms with Crippen LogP contribution < -0.4 is 21.1 Å². The molecule has 0 bridgehead atoms. The maximum Gasteiger partial charge on any atom is 0.390 e. The van der Waals surface area contributed by atoms with Gasteiger partial charge in [-0.25, -0.2) is 14.8 Å². The lowest BCUT2D eigenvalue weighted by molar-refractivity contribution is -0.133. The first kappa shape index (κ1) is 23.5. The second-order valence-electron chi connectivity index (χ2n) is 7.63. The number of carbonyl (C=O) groups excluding carboxylic acids is 1. The van der Waals surface area contributed by atoms with Crippen LogP contribution in [0, 0.1) is 5.41 Å². The predicted octanol–water partition coefficient (Wildman–Crippen LogP) is 4.04. The number of methoxy groups -OCH3 is 1. The van der Waals surface area contributed by atoms with Crippen molar-refractivity contribution in [3.05, 3.63) is 34.5 Å². The Kier molecular flexibility index (Phi) is 6.46. The summed E-state index contributed by atoms with van der Waals surface area (Å²) < 4.78 is 42.5. The number of nitrogens with zero attached hydrogens (tertiary/aromatic N) is 3. The van der Waals surface area contributed by atoms with Crippen molar-refractivity contribution in [1.29, 1.82) is 5.41 Å². The highest BCUT2D eigenvalue weighted by Crippen LogP contribution is 2.39. The van der Waals surface area contributed by atoms with Gasteiger partial charge in [0.05, 0.1) is 31.1 Å². The van der Waals surface area contributed by atoms with Crippen LogP contribution in [0.3, 0.4) is 0 Å². The molecule has 180 valence electrons. The minimum absolute atomic E-state index is 0.275. The Bertz CT molecular complexity index is 1250. The van der Waals surface area contributed by atoms with E-state index in [0.717, 1.165) is 26.9 Å². The number of hydrogen-bond donors (Lipinski definition) is 4. The average Bonchev–Trinajstić information content (AvgIpc) is 3.17. The molecule has 0 saturated heterocycles. The van der Waals surface area contributed by atoms with E-state index in [1.807, 2.05) is 0 Å². The lowest BCUT2D eigenvalue weighted by atomic mass is 10.0. The molecule has 3 heterocycles. The first-order valence-electron chi connectivity index (χ1n) is 10.3. The highest BCUT2D eigenvalue weighted by atomic mass is 32.1. The van der Waals surface area contributed by atoms with Gasteiger partial charge in [0.15, 0.2) is 0 Å². The number of carbonyl (C=O) groups is 1. The SMILES string of the molecule is COc1cc(N)c(C=N)cc1Nc1ncnc2sc3c(c12)CCN(C(=O)NCCC(F)(F)F)C3. The first-order chi connectivity index (χ1) is 16.2. The van der Waals surface area contributed by atoms with E-state index in [2.05, 4.69) is 20.6 Å². The van der Waals surface area contributed by atoms with Gasteiger partial charge in [-0.2, -0.15) is 13.2 Å². The molecule has 0 atom stereocenters. The number of benzene rings is 1. The number of urea groups is 1. The van der Waals surface area contributed by atoms with Crippen molar-refractivity contribution < 1.29 is 22.7 Å². The van der Waals surface area contributed by atoms with Crippen LogP contribution in [0.2, 0.25) is 0 Å². The number of fused-ring (bicyclic) bond motifs is 3. The van der Waals surface area contributed by atoms with Gasteiger partial charge in [-0.05, 0) is 18.1 Å². The van der Waals surface area contributed by atoms with Gasteiger partial charge >= 0.3 is 12.2 Å². The Balaban J connectivity index is 1.59. The fourth-order valence-corrected chi connectivity index (χ4v) is 4.95. The number of ether oxygens (including phenoxy) is 1. The van der Waals surface area contributed by atoms with Crippen LogP contribution in [-0.2, 0) is 13.0 Å². The molecular formula is C21H22F3N7O2S. The molecule has 0 unspecified atom stereocenters. The van der Waals surface area contributed by atoms with Gasteiger partial charge in [-0.15, -0.1) is 11.3 Å². The number of aromatic nitrogens is 2. The topological polar surface area (TPSA) is 129 Å². The molecule has 1 aliphatic heterocycles. The van der Waals surface area contributed by atoms with Crippen molar-refractivity contribution in [3.8, 4) is 5.75 Å². The summed E-state index contributed by atoms with van der Waals surface area (Å²) in [6, 6.07) is 2.79. The highest BCUT2D eigenvalue weighted by molar-refractivity contribution is 7.19. The summed E-state index contributed by atoms with van der Waals surface area (Å²) in [4.78, 5) is 24.2. The summed E-state index contributed by atoms with van der Waals surface area (Å²) in [6.07, 6.45) is -2.30. The summed E-state index contributed by atoms with van der Waals surface area (Å²) in [5.41, 5.74) is 8.45. The molecule has 0 spiro atoms. The molecule has 0 radical (unpaired) electrons. The van der Waals surface area contributed by atoms with Gasteiger partial charge in [0, 0.05) is 41.5 Å². The van der Waals surface area contributed by atoms with Gasteiger partial charge in [0.2, 0.25) is 0 Å². The Morgan fingerprint density at radius 2 is 2.18 bits per heavy atom. The maximum atomic E-state index is 12.4. The van der Waals surface area contributed by atoms with Crippen molar-refractivity contribution in [3.63, 3.8) is 0 Å². The van der Waals surface area contributed by atoms with E-state index >= 15 is 0 Å². The number of rotatable bonds is 6. The van der Waals surface area contributed by atoms with E-state index in [4.69, 9.17) is 15.9 Å². The minimum Gasteiger partial charge on any atom is -0.494 e. The molecule has 5 N–H and O–H groups in total. The summed E-state index contributed by atoms with van der Waals surface area (Å²) in [5.74, 6) is 1.03. The average molecular weight is 494 g/mol. The standard InChI is InChI=1S/C21H22F3N7O2S/c1-33-15-7-13(26)11(8-25)6-14(15)30-18-17-12-2-5-31(20(32)27-4-3-21(22,23)24)9-16(12)34-19(17)29-10-28-18/h6-8,10,25H,2-5,9,26H2,1H3,(H,27,32)(H,28,29,30). The zero-order chi connectivity index (χ0) is 24.5. The van der Waals surface area contributed by atoms with E-state index in [1.54, 1.807) is 12.1 Å². The van der Waals surface area contributed by atoms with Gasteiger partial charge in [0.25, 0.3) is 0 Å². The fraction of sp³-hybridized carbons (Fsp3) is 0.333. The molecule has 0 aliphatic carbocycles. The van der Waals surface area contributed by atoms with Crippen molar-refractivity contribution in [2.24, 2.45) is 0 Å². The number of thiophene rings is 1. The van der Waals surface area contributed by atoms with Crippen molar-refractivity contribution >= 4 is 51.0 Å². The highest BCUT2D eigenvalue weighted by Gasteiger charge is 2.29. The van der Waals surface area contributed by atoms with Gasteiger partial charge in [-0.1, -0.05) is 0 Å². The molecular weight excluding hydrogens is 471 g/mol. The van der Waals surface area contributed by atoms with Gasteiger partial charge in [0.1, 0.15) is 22.7 Å². The van der Waals surface area contributed by atoms with Crippen LogP contribution in [0.1, 0.15) is 22.4 Å².